The molecule has 4 nitrogen and oxygen atoms in total. The quantitative estimate of drug-likeness (QED) is 0.295. The minimum atomic E-state index is -0.153. The van der Waals surface area contributed by atoms with Gasteiger partial charge in [0.2, 0.25) is 0 Å². The van der Waals surface area contributed by atoms with Crippen molar-refractivity contribution in [3.8, 4) is 22.1 Å². The molecule has 0 unspecified atom stereocenters. The highest BCUT2D eigenvalue weighted by molar-refractivity contribution is 7.22. The Hall–Kier alpha value is -3.48. The van der Waals surface area contributed by atoms with E-state index in [4.69, 9.17) is 9.72 Å². The molecule has 2 heterocycles. The Kier molecular flexibility index (Phi) is 5.47. The Morgan fingerprint density at radius 2 is 1.53 bits per heavy atom. The largest absolute Gasteiger partial charge is 0.457 e. The van der Waals surface area contributed by atoms with E-state index in [1.165, 1.54) is 4.88 Å². The lowest BCUT2D eigenvalue weighted by molar-refractivity contribution is 0.102. The van der Waals surface area contributed by atoms with Crippen LogP contribution in [-0.4, -0.2) is 10.9 Å². The number of fused-ring (bicyclic) bond motifs is 1. The number of ether oxygens (including phenoxy) is 1. The lowest BCUT2D eigenvalue weighted by atomic mass is 10.1. The van der Waals surface area contributed by atoms with Gasteiger partial charge in [0.15, 0.2) is 0 Å². The van der Waals surface area contributed by atoms with Gasteiger partial charge in [0.25, 0.3) is 5.91 Å². The molecule has 0 fully saturated rings. The SMILES string of the molecule is Cc1sc(NC(=O)c2ccc(Oc3ccccc3)cc2)c(-c2nc3ccccc3s2)c1C. The van der Waals surface area contributed by atoms with E-state index < -0.39 is 0 Å². The molecule has 0 saturated carbocycles. The first-order chi connectivity index (χ1) is 15.6. The molecular weight excluding hydrogens is 436 g/mol. The normalized spacial score (nSPS) is 10.9. The number of aryl methyl sites for hydroxylation is 1. The fourth-order valence-corrected chi connectivity index (χ4v) is 5.62. The van der Waals surface area contributed by atoms with Crippen LogP contribution in [0.5, 0.6) is 11.5 Å². The van der Waals surface area contributed by atoms with E-state index in [-0.39, 0.29) is 5.91 Å². The van der Waals surface area contributed by atoms with E-state index in [1.54, 1.807) is 46.9 Å². The number of hydrogen-bond donors (Lipinski definition) is 1. The molecule has 0 aliphatic rings. The van der Waals surface area contributed by atoms with Gasteiger partial charge < -0.3 is 10.1 Å². The Morgan fingerprint density at radius 1 is 0.844 bits per heavy atom. The maximum Gasteiger partial charge on any atom is 0.256 e. The Bertz CT molecular complexity index is 1370. The number of nitrogens with one attached hydrogen (secondary N) is 1. The zero-order valence-electron chi connectivity index (χ0n) is 17.6. The summed E-state index contributed by atoms with van der Waals surface area (Å²) in [4.78, 5) is 19.0. The van der Waals surface area contributed by atoms with Crippen molar-refractivity contribution in [2.45, 2.75) is 13.8 Å². The van der Waals surface area contributed by atoms with E-state index in [0.29, 0.717) is 11.3 Å². The molecule has 2 aromatic heterocycles. The average molecular weight is 457 g/mol. The number of rotatable bonds is 5. The van der Waals surface area contributed by atoms with Gasteiger partial charge in [0, 0.05) is 16.0 Å². The second kappa shape index (κ2) is 8.57. The lowest BCUT2D eigenvalue weighted by Gasteiger charge is -2.08. The fourth-order valence-electron chi connectivity index (χ4n) is 3.43. The van der Waals surface area contributed by atoms with Gasteiger partial charge in [-0.1, -0.05) is 30.3 Å². The second-order valence-corrected chi connectivity index (χ2v) is 9.62. The summed E-state index contributed by atoms with van der Waals surface area (Å²) >= 11 is 3.23. The number of para-hydroxylation sites is 2. The van der Waals surface area contributed by atoms with Gasteiger partial charge in [-0.2, -0.15) is 0 Å². The highest BCUT2D eigenvalue weighted by Gasteiger charge is 2.20. The summed E-state index contributed by atoms with van der Waals surface area (Å²) in [6.07, 6.45) is 0. The van der Waals surface area contributed by atoms with Crippen LogP contribution in [-0.2, 0) is 0 Å². The highest BCUT2D eigenvalue weighted by atomic mass is 32.1. The molecule has 32 heavy (non-hydrogen) atoms. The summed E-state index contributed by atoms with van der Waals surface area (Å²) in [6.45, 7) is 4.15. The Morgan fingerprint density at radius 3 is 2.28 bits per heavy atom. The van der Waals surface area contributed by atoms with Crippen LogP contribution in [0.25, 0.3) is 20.8 Å². The maximum absolute atomic E-state index is 13.0. The zero-order chi connectivity index (χ0) is 22.1. The molecule has 0 bridgehead atoms. The topological polar surface area (TPSA) is 51.2 Å². The van der Waals surface area contributed by atoms with Gasteiger partial charge in [-0.15, -0.1) is 22.7 Å². The van der Waals surface area contributed by atoms with E-state index in [0.717, 1.165) is 37.1 Å². The number of hydrogen-bond acceptors (Lipinski definition) is 5. The highest BCUT2D eigenvalue weighted by Crippen LogP contribution is 2.43. The number of carbonyl (C=O) groups excluding carboxylic acids is 1. The van der Waals surface area contributed by atoms with E-state index in [2.05, 4.69) is 25.2 Å². The number of nitrogens with zero attached hydrogens (tertiary/aromatic N) is 1. The molecule has 0 aliphatic carbocycles. The van der Waals surface area contributed by atoms with Crippen molar-refractivity contribution in [1.82, 2.24) is 4.98 Å². The van der Waals surface area contributed by atoms with Crippen LogP contribution in [0.15, 0.2) is 78.9 Å². The predicted octanol–water partition coefficient (Wildman–Crippen LogP) is 7.69. The van der Waals surface area contributed by atoms with Crippen LogP contribution in [0.3, 0.4) is 0 Å². The van der Waals surface area contributed by atoms with Gasteiger partial charge in [0.05, 0.1) is 10.2 Å². The van der Waals surface area contributed by atoms with E-state index in [1.807, 2.05) is 48.5 Å². The number of amides is 1. The smallest absolute Gasteiger partial charge is 0.256 e. The van der Waals surface area contributed by atoms with Crippen LogP contribution in [0.2, 0.25) is 0 Å². The van der Waals surface area contributed by atoms with Crippen molar-refractivity contribution in [3.63, 3.8) is 0 Å². The molecule has 0 radical (unpaired) electrons. The summed E-state index contributed by atoms with van der Waals surface area (Å²) < 4.78 is 6.96. The summed E-state index contributed by atoms with van der Waals surface area (Å²) in [5.74, 6) is 1.29. The predicted molar refractivity (Wildman–Crippen MR) is 133 cm³/mol. The summed E-state index contributed by atoms with van der Waals surface area (Å²) in [5, 5.41) is 4.86. The Labute approximate surface area is 194 Å². The Balaban J connectivity index is 1.39. The van der Waals surface area contributed by atoms with Crippen LogP contribution in [0.4, 0.5) is 5.00 Å². The molecule has 6 heteroatoms. The monoisotopic (exact) mass is 456 g/mol. The first kappa shape index (κ1) is 20.4. The fraction of sp³-hybridized carbons (Fsp3) is 0.0769. The number of thiophene rings is 1. The minimum Gasteiger partial charge on any atom is -0.457 e. The van der Waals surface area contributed by atoms with Crippen molar-refractivity contribution in [3.05, 3.63) is 94.9 Å². The summed E-state index contributed by atoms with van der Waals surface area (Å²) in [5.41, 5.74) is 3.70. The molecule has 1 N–H and O–H groups in total. The van der Waals surface area contributed by atoms with Crippen molar-refractivity contribution < 1.29 is 9.53 Å². The molecule has 0 atom stereocenters. The maximum atomic E-state index is 13.0. The third-order valence-electron chi connectivity index (χ3n) is 5.22. The van der Waals surface area contributed by atoms with Crippen molar-refractivity contribution in [2.75, 3.05) is 5.32 Å². The van der Waals surface area contributed by atoms with Gasteiger partial charge in [-0.05, 0) is 67.9 Å². The van der Waals surface area contributed by atoms with Crippen molar-refractivity contribution in [1.29, 1.82) is 0 Å². The van der Waals surface area contributed by atoms with Crippen molar-refractivity contribution in [2.24, 2.45) is 0 Å². The molecule has 5 rings (SSSR count). The van der Waals surface area contributed by atoms with Gasteiger partial charge in [0.1, 0.15) is 21.5 Å². The van der Waals surface area contributed by atoms with Crippen molar-refractivity contribution >= 4 is 43.8 Å². The van der Waals surface area contributed by atoms with Crippen LogP contribution in [0, 0.1) is 13.8 Å². The third-order valence-corrected chi connectivity index (χ3v) is 7.39. The van der Waals surface area contributed by atoms with Crippen LogP contribution in [0.1, 0.15) is 20.8 Å². The van der Waals surface area contributed by atoms with Crippen LogP contribution < -0.4 is 10.1 Å². The second-order valence-electron chi connectivity index (χ2n) is 7.37. The summed E-state index contributed by atoms with van der Waals surface area (Å²) in [7, 11) is 0. The number of aromatic nitrogens is 1. The molecule has 0 aliphatic heterocycles. The first-order valence-corrected chi connectivity index (χ1v) is 11.8. The molecule has 3 aromatic carbocycles. The van der Waals surface area contributed by atoms with Gasteiger partial charge >= 0.3 is 0 Å². The number of anilines is 1. The number of benzene rings is 3. The molecular formula is C26H20N2O2S2. The van der Waals surface area contributed by atoms with Gasteiger partial charge in [-0.3, -0.25) is 4.79 Å². The molecule has 0 spiro atoms. The zero-order valence-corrected chi connectivity index (χ0v) is 19.2. The van der Waals surface area contributed by atoms with E-state index >= 15 is 0 Å². The average Bonchev–Trinajstić information content (AvgIpc) is 3.35. The first-order valence-electron chi connectivity index (χ1n) is 10.2. The summed E-state index contributed by atoms with van der Waals surface area (Å²) in [6, 6.07) is 24.8. The molecule has 1 amide bonds. The number of carbonyl (C=O) groups is 1. The standard InChI is InChI=1S/C26H20N2O2S2/c1-16-17(2)31-26(23(16)25-27-21-10-6-7-11-22(21)32-25)28-24(29)18-12-14-20(15-13-18)30-19-8-4-3-5-9-19/h3-15H,1-2H3,(H,28,29). The molecule has 158 valence electrons. The molecule has 5 aromatic rings. The minimum absolute atomic E-state index is 0.153. The van der Waals surface area contributed by atoms with Gasteiger partial charge in [-0.25, -0.2) is 4.98 Å². The van der Waals surface area contributed by atoms with E-state index in [9.17, 15) is 4.79 Å². The number of thiazole rings is 1. The lowest BCUT2D eigenvalue weighted by Crippen LogP contribution is -2.11. The third kappa shape index (κ3) is 4.02. The van der Waals surface area contributed by atoms with Crippen LogP contribution >= 0.6 is 22.7 Å². The molecule has 0 saturated heterocycles.